The van der Waals surface area contributed by atoms with Gasteiger partial charge >= 0.3 is 6.18 Å². The Morgan fingerprint density at radius 1 is 1.04 bits per heavy atom. The fourth-order valence-corrected chi connectivity index (χ4v) is 2.29. The van der Waals surface area contributed by atoms with Crippen LogP contribution >= 0.6 is 0 Å². The third-order valence-electron chi connectivity index (χ3n) is 3.59. The molecule has 0 bridgehead atoms. The summed E-state index contributed by atoms with van der Waals surface area (Å²) in [6.45, 7) is 2.53. The minimum Gasteiger partial charge on any atom is -0.352 e. The first kappa shape index (κ1) is 19.5. The Morgan fingerprint density at radius 3 is 2.35 bits per heavy atom. The molecule has 138 valence electrons. The maximum atomic E-state index is 12.7. The van der Waals surface area contributed by atoms with E-state index >= 15 is 0 Å². The molecule has 2 aromatic rings. The van der Waals surface area contributed by atoms with Gasteiger partial charge in [0.05, 0.1) is 12.0 Å². The molecule has 2 aromatic carbocycles. The summed E-state index contributed by atoms with van der Waals surface area (Å²) in [5, 5.41) is 5.35. The number of benzene rings is 2. The van der Waals surface area contributed by atoms with E-state index in [1.807, 2.05) is 6.92 Å². The molecule has 0 spiro atoms. The fourth-order valence-electron chi connectivity index (χ4n) is 2.29. The molecule has 0 saturated carbocycles. The van der Waals surface area contributed by atoms with E-state index in [4.69, 9.17) is 0 Å². The van der Waals surface area contributed by atoms with Crippen LogP contribution in [0.2, 0.25) is 0 Å². The van der Waals surface area contributed by atoms with Gasteiger partial charge in [0.1, 0.15) is 0 Å². The molecule has 0 radical (unpaired) electrons. The van der Waals surface area contributed by atoms with Gasteiger partial charge in [0, 0.05) is 17.8 Å². The summed E-state index contributed by atoms with van der Waals surface area (Å²) in [5.74, 6) is -0.638. The first-order valence-corrected chi connectivity index (χ1v) is 8.14. The largest absolute Gasteiger partial charge is 0.416 e. The molecule has 0 aliphatic rings. The maximum Gasteiger partial charge on any atom is 0.416 e. The van der Waals surface area contributed by atoms with E-state index in [1.165, 1.54) is 12.1 Å². The highest BCUT2D eigenvalue weighted by Crippen LogP contribution is 2.29. The molecule has 0 heterocycles. The third kappa shape index (κ3) is 5.61. The summed E-state index contributed by atoms with van der Waals surface area (Å²) in [6, 6.07) is 11.0. The van der Waals surface area contributed by atoms with Gasteiger partial charge in [-0.3, -0.25) is 9.59 Å². The van der Waals surface area contributed by atoms with Crippen molar-refractivity contribution < 1.29 is 22.8 Å². The van der Waals surface area contributed by atoms with Gasteiger partial charge in [-0.15, -0.1) is 0 Å². The molecule has 2 amide bonds. The van der Waals surface area contributed by atoms with Crippen molar-refractivity contribution in [1.82, 2.24) is 5.32 Å². The number of amides is 2. The number of hydrogen-bond acceptors (Lipinski definition) is 2. The standard InChI is InChI=1S/C19H19F3N2O2/c1-2-10-23-18(26)14-6-8-16(9-7-14)24-17(25)12-13-4-3-5-15(11-13)19(20,21)22/h3-9,11H,2,10,12H2,1H3,(H,23,26)(H,24,25). The Kier molecular flexibility index (Phi) is 6.38. The van der Waals surface area contributed by atoms with Crippen molar-refractivity contribution in [3.05, 3.63) is 65.2 Å². The van der Waals surface area contributed by atoms with Gasteiger partial charge in [-0.05, 0) is 42.3 Å². The van der Waals surface area contributed by atoms with E-state index in [-0.39, 0.29) is 17.9 Å². The molecule has 0 aliphatic carbocycles. The average molecular weight is 364 g/mol. The number of nitrogens with one attached hydrogen (secondary N) is 2. The Morgan fingerprint density at radius 2 is 1.73 bits per heavy atom. The van der Waals surface area contributed by atoms with Gasteiger partial charge in [-0.2, -0.15) is 13.2 Å². The molecule has 0 aliphatic heterocycles. The lowest BCUT2D eigenvalue weighted by atomic mass is 10.1. The molecule has 0 aromatic heterocycles. The van der Waals surface area contributed by atoms with E-state index in [9.17, 15) is 22.8 Å². The van der Waals surface area contributed by atoms with Gasteiger partial charge in [-0.25, -0.2) is 0 Å². The zero-order chi connectivity index (χ0) is 19.2. The molecule has 0 atom stereocenters. The first-order valence-electron chi connectivity index (χ1n) is 8.14. The first-order chi connectivity index (χ1) is 12.3. The Bertz CT molecular complexity index is 771. The predicted octanol–water partition coefficient (Wildman–Crippen LogP) is 4.03. The van der Waals surface area contributed by atoms with Gasteiger partial charge in [0.15, 0.2) is 0 Å². The quantitative estimate of drug-likeness (QED) is 0.813. The van der Waals surface area contributed by atoms with Gasteiger partial charge < -0.3 is 10.6 Å². The van der Waals surface area contributed by atoms with Gasteiger partial charge in [0.2, 0.25) is 5.91 Å². The van der Waals surface area contributed by atoms with Crippen LogP contribution in [0.1, 0.15) is 34.8 Å². The number of carbonyl (C=O) groups excluding carboxylic acids is 2. The summed E-state index contributed by atoms with van der Waals surface area (Å²) in [7, 11) is 0. The van der Waals surface area contributed by atoms with Crippen LogP contribution in [0.15, 0.2) is 48.5 Å². The minimum atomic E-state index is -4.44. The monoisotopic (exact) mass is 364 g/mol. The summed E-state index contributed by atoms with van der Waals surface area (Å²) in [4.78, 5) is 23.8. The smallest absolute Gasteiger partial charge is 0.352 e. The molecule has 7 heteroatoms. The minimum absolute atomic E-state index is 0.178. The molecule has 2 N–H and O–H groups in total. The van der Waals surface area contributed by atoms with Crippen molar-refractivity contribution in [3.63, 3.8) is 0 Å². The lowest BCUT2D eigenvalue weighted by Crippen LogP contribution is -2.23. The summed E-state index contributed by atoms with van der Waals surface area (Å²) in [5.41, 5.74) is 0.418. The van der Waals surface area contributed by atoms with Crippen LogP contribution in [0.5, 0.6) is 0 Å². The van der Waals surface area contributed by atoms with Gasteiger partial charge in [0.25, 0.3) is 5.91 Å². The van der Waals surface area contributed by atoms with Crippen LogP contribution in [0.4, 0.5) is 18.9 Å². The van der Waals surface area contributed by atoms with Crippen LogP contribution in [-0.4, -0.2) is 18.4 Å². The molecule has 0 unspecified atom stereocenters. The van der Waals surface area contributed by atoms with Crippen LogP contribution in [0.3, 0.4) is 0 Å². The van der Waals surface area contributed by atoms with Crippen LogP contribution < -0.4 is 10.6 Å². The Labute approximate surface area is 149 Å². The highest BCUT2D eigenvalue weighted by molar-refractivity contribution is 5.96. The Balaban J connectivity index is 1.97. The number of anilines is 1. The molecular formula is C19H19F3N2O2. The van der Waals surface area contributed by atoms with Crippen LogP contribution in [-0.2, 0) is 17.4 Å². The van der Waals surface area contributed by atoms with Crippen molar-refractivity contribution in [1.29, 1.82) is 0 Å². The van der Waals surface area contributed by atoms with Crippen LogP contribution in [0, 0.1) is 0 Å². The molecule has 0 fully saturated rings. The lowest BCUT2D eigenvalue weighted by Gasteiger charge is -2.10. The lowest BCUT2D eigenvalue weighted by molar-refractivity contribution is -0.137. The molecular weight excluding hydrogens is 345 g/mol. The number of carbonyl (C=O) groups is 2. The summed E-state index contributed by atoms with van der Waals surface area (Å²) >= 11 is 0. The number of alkyl halides is 3. The van der Waals surface area contributed by atoms with E-state index in [1.54, 1.807) is 24.3 Å². The van der Waals surface area contributed by atoms with E-state index < -0.39 is 17.6 Å². The van der Waals surface area contributed by atoms with E-state index in [0.717, 1.165) is 18.6 Å². The second kappa shape index (κ2) is 8.51. The predicted molar refractivity (Wildman–Crippen MR) is 92.8 cm³/mol. The molecule has 2 rings (SSSR count). The summed E-state index contributed by atoms with van der Waals surface area (Å²) in [6.07, 6.45) is -3.79. The maximum absolute atomic E-state index is 12.7. The molecule has 4 nitrogen and oxygen atoms in total. The van der Waals surface area contributed by atoms with Crippen LogP contribution in [0.25, 0.3) is 0 Å². The molecule has 26 heavy (non-hydrogen) atoms. The highest BCUT2D eigenvalue weighted by atomic mass is 19.4. The zero-order valence-corrected chi connectivity index (χ0v) is 14.2. The fraction of sp³-hybridized carbons (Fsp3) is 0.263. The Hall–Kier alpha value is -2.83. The third-order valence-corrected chi connectivity index (χ3v) is 3.59. The average Bonchev–Trinajstić information content (AvgIpc) is 2.59. The van der Waals surface area contributed by atoms with Crippen molar-refractivity contribution in [2.24, 2.45) is 0 Å². The highest BCUT2D eigenvalue weighted by Gasteiger charge is 2.30. The number of rotatable bonds is 6. The van der Waals surface area contributed by atoms with Gasteiger partial charge in [-0.1, -0.05) is 25.1 Å². The van der Waals surface area contributed by atoms with E-state index in [0.29, 0.717) is 17.8 Å². The summed E-state index contributed by atoms with van der Waals surface area (Å²) < 4.78 is 38.1. The zero-order valence-electron chi connectivity index (χ0n) is 14.2. The topological polar surface area (TPSA) is 58.2 Å². The van der Waals surface area contributed by atoms with Crippen molar-refractivity contribution in [2.75, 3.05) is 11.9 Å². The number of halogens is 3. The van der Waals surface area contributed by atoms with E-state index in [2.05, 4.69) is 10.6 Å². The SMILES string of the molecule is CCCNC(=O)c1ccc(NC(=O)Cc2cccc(C(F)(F)F)c2)cc1. The molecule has 0 saturated heterocycles. The second-order valence-electron chi connectivity index (χ2n) is 5.76. The number of hydrogen-bond donors (Lipinski definition) is 2. The van der Waals surface area contributed by atoms with Crippen molar-refractivity contribution >= 4 is 17.5 Å². The second-order valence-corrected chi connectivity index (χ2v) is 5.76. The normalized spacial score (nSPS) is 11.1. The van der Waals surface area contributed by atoms with Crippen molar-refractivity contribution in [2.45, 2.75) is 25.9 Å². The van der Waals surface area contributed by atoms with Crippen molar-refractivity contribution in [3.8, 4) is 0 Å².